The molecule has 0 spiro atoms. The van der Waals surface area contributed by atoms with Crippen LogP contribution in [0.3, 0.4) is 0 Å². The van der Waals surface area contributed by atoms with Gasteiger partial charge in [-0.2, -0.15) is 0 Å². The molecule has 2 heterocycles. The number of aryl methyl sites for hydroxylation is 1. The first-order valence-electron chi connectivity index (χ1n) is 11.0. The number of rotatable bonds is 8. The first-order chi connectivity index (χ1) is 14.5. The molecule has 1 aliphatic heterocycles. The summed E-state index contributed by atoms with van der Waals surface area (Å²) in [6, 6.07) is 8.38. The lowest BCUT2D eigenvalue weighted by Gasteiger charge is -2.38. The van der Waals surface area contributed by atoms with Gasteiger partial charge in [0.15, 0.2) is 0 Å². The normalized spacial score (nSPS) is 19.0. The SMILES string of the molecule is CCC1CCC(C)N(C(=O)c2cnc(NCCCOC)nc2-c2ccc(C)cc2)C1. The Morgan fingerprint density at radius 1 is 1.27 bits per heavy atom. The number of hydrogen-bond donors (Lipinski definition) is 1. The lowest BCUT2D eigenvalue weighted by atomic mass is 9.91. The van der Waals surface area contributed by atoms with Crippen LogP contribution < -0.4 is 5.32 Å². The van der Waals surface area contributed by atoms with Gasteiger partial charge < -0.3 is 15.0 Å². The molecule has 162 valence electrons. The summed E-state index contributed by atoms with van der Waals surface area (Å²) in [6.07, 6.45) is 5.88. The standard InChI is InChI=1S/C24H34N4O2/c1-5-19-10-9-18(3)28(16-19)23(29)21-15-26-24(25-13-6-14-30-4)27-22(21)20-11-7-17(2)8-12-20/h7-8,11-12,15,18-19H,5-6,9-10,13-14,16H2,1-4H3,(H,25,26,27). The van der Waals surface area contributed by atoms with Crippen LogP contribution in [-0.4, -0.2) is 53.6 Å². The number of hydrogen-bond acceptors (Lipinski definition) is 5. The third kappa shape index (κ3) is 5.36. The van der Waals surface area contributed by atoms with Crippen LogP contribution >= 0.6 is 0 Å². The van der Waals surface area contributed by atoms with Crippen LogP contribution in [0.2, 0.25) is 0 Å². The van der Waals surface area contributed by atoms with E-state index in [1.54, 1.807) is 13.3 Å². The van der Waals surface area contributed by atoms with Gasteiger partial charge in [0.2, 0.25) is 5.95 Å². The fourth-order valence-corrected chi connectivity index (χ4v) is 3.92. The van der Waals surface area contributed by atoms with Crippen molar-refractivity contribution in [3.05, 3.63) is 41.6 Å². The van der Waals surface area contributed by atoms with Gasteiger partial charge in [0, 0.05) is 44.6 Å². The van der Waals surface area contributed by atoms with Gasteiger partial charge >= 0.3 is 0 Å². The van der Waals surface area contributed by atoms with Crippen molar-refractivity contribution >= 4 is 11.9 Å². The number of likely N-dealkylation sites (tertiary alicyclic amines) is 1. The van der Waals surface area contributed by atoms with Crippen LogP contribution in [0.25, 0.3) is 11.3 Å². The lowest BCUT2D eigenvalue weighted by molar-refractivity contribution is 0.0556. The molecule has 1 N–H and O–H groups in total. The summed E-state index contributed by atoms with van der Waals surface area (Å²) in [5.74, 6) is 1.13. The van der Waals surface area contributed by atoms with Crippen LogP contribution in [0.1, 0.15) is 55.5 Å². The fourth-order valence-electron chi connectivity index (χ4n) is 3.92. The highest BCUT2D eigenvalue weighted by Gasteiger charge is 2.30. The van der Waals surface area contributed by atoms with Crippen molar-refractivity contribution in [1.29, 1.82) is 0 Å². The second kappa shape index (κ2) is 10.5. The molecule has 3 rings (SSSR count). The minimum atomic E-state index is 0.0298. The maximum atomic E-state index is 13.6. The maximum Gasteiger partial charge on any atom is 0.257 e. The van der Waals surface area contributed by atoms with Crippen molar-refractivity contribution in [2.75, 3.05) is 32.1 Å². The highest BCUT2D eigenvalue weighted by atomic mass is 16.5. The Labute approximate surface area is 180 Å². The summed E-state index contributed by atoms with van der Waals surface area (Å²) >= 11 is 0. The third-order valence-corrected chi connectivity index (χ3v) is 5.97. The zero-order valence-corrected chi connectivity index (χ0v) is 18.6. The van der Waals surface area contributed by atoms with Gasteiger partial charge in [-0.05, 0) is 39.0 Å². The Morgan fingerprint density at radius 2 is 2.03 bits per heavy atom. The van der Waals surface area contributed by atoms with E-state index >= 15 is 0 Å². The highest BCUT2D eigenvalue weighted by Crippen LogP contribution is 2.29. The summed E-state index contributed by atoms with van der Waals surface area (Å²) in [5, 5.41) is 3.24. The molecule has 1 aromatic carbocycles. The summed E-state index contributed by atoms with van der Waals surface area (Å²) in [5.41, 5.74) is 3.37. The molecule has 30 heavy (non-hydrogen) atoms. The van der Waals surface area contributed by atoms with Crippen LogP contribution in [0.4, 0.5) is 5.95 Å². The number of carbonyl (C=O) groups excluding carboxylic acids is 1. The van der Waals surface area contributed by atoms with E-state index in [0.717, 1.165) is 37.9 Å². The first kappa shape index (κ1) is 22.2. The summed E-state index contributed by atoms with van der Waals surface area (Å²) in [6.45, 7) is 8.60. The van der Waals surface area contributed by atoms with E-state index in [4.69, 9.17) is 9.72 Å². The van der Waals surface area contributed by atoms with Crippen LogP contribution in [0.15, 0.2) is 30.5 Å². The number of anilines is 1. The average molecular weight is 411 g/mol. The Morgan fingerprint density at radius 3 is 2.73 bits per heavy atom. The molecule has 0 saturated carbocycles. The number of nitrogens with one attached hydrogen (secondary N) is 1. The number of carbonyl (C=O) groups is 1. The van der Waals surface area contributed by atoms with Crippen molar-refractivity contribution in [1.82, 2.24) is 14.9 Å². The van der Waals surface area contributed by atoms with Gasteiger partial charge in [-0.3, -0.25) is 4.79 Å². The predicted octanol–water partition coefficient (Wildman–Crippen LogP) is 4.55. The van der Waals surface area contributed by atoms with Crippen molar-refractivity contribution < 1.29 is 9.53 Å². The number of benzene rings is 1. The summed E-state index contributed by atoms with van der Waals surface area (Å²) in [7, 11) is 1.69. The molecule has 0 bridgehead atoms. The number of aromatic nitrogens is 2. The number of ether oxygens (including phenoxy) is 1. The Bertz CT molecular complexity index is 838. The van der Waals surface area contributed by atoms with Crippen LogP contribution in [0, 0.1) is 12.8 Å². The van der Waals surface area contributed by atoms with Gasteiger partial charge in [0.25, 0.3) is 5.91 Å². The fraction of sp³-hybridized carbons (Fsp3) is 0.542. The minimum absolute atomic E-state index is 0.0298. The van der Waals surface area contributed by atoms with E-state index in [1.165, 1.54) is 12.0 Å². The van der Waals surface area contributed by atoms with E-state index in [-0.39, 0.29) is 11.9 Å². The monoisotopic (exact) mass is 410 g/mol. The average Bonchev–Trinajstić information content (AvgIpc) is 2.77. The van der Waals surface area contributed by atoms with Gasteiger partial charge in [0.05, 0.1) is 11.3 Å². The molecule has 0 radical (unpaired) electrons. The second-order valence-corrected chi connectivity index (χ2v) is 8.25. The largest absolute Gasteiger partial charge is 0.385 e. The molecule has 1 aliphatic rings. The maximum absolute atomic E-state index is 13.6. The molecule has 0 aliphatic carbocycles. The molecule has 1 fully saturated rings. The van der Waals surface area contributed by atoms with E-state index in [0.29, 0.717) is 29.7 Å². The number of piperidine rings is 1. The van der Waals surface area contributed by atoms with Crippen molar-refractivity contribution in [2.24, 2.45) is 5.92 Å². The molecule has 1 saturated heterocycles. The molecular formula is C24H34N4O2. The molecule has 2 unspecified atom stereocenters. The molecule has 2 atom stereocenters. The molecule has 1 aromatic heterocycles. The van der Waals surface area contributed by atoms with Gasteiger partial charge in [-0.1, -0.05) is 43.2 Å². The zero-order chi connectivity index (χ0) is 21.5. The lowest BCUT2D eigenvalue weighted by Crippen LogP contribution is -2.45. The molecule has 6 nitrogen and oxygen atoms in total. The summed E-state index contributed by atoms with van der Waals surface area (Å²) < 4.78 is 5.10. The van der Waals surface area contributed by atoms with Crippen LogP contribution in [0.5, 0.6) is 0 Å². The van der Waals surface area contributed by atoms with E-state index in [2.05, 4.69) is 31.1 Å². The smallest absolute Gasteiger partial charge is 0.257 e. The van der Waals surface area contributed by atoms with Gasteiger partial charge in [0.1, 0.15) is 0 Å². The highest BCUT2D eigenvalue weighted by molar-refractivity contribution is 6.00. The molecular weight excluding hydrogens is 376 g/mol. The Balaban J connectivity index is 1.91. The number of amides is 1. The second-order valence-electron chi connectivity index (χ2n) is 8.25. The Kier molecular flexibility index (Phi) is 7.80. The third-order valence-electron chi connectivity index (χ3n) is 5.97. The van der Waals surface area contributed by atoms with E-state index < -0.39 is 0 Å². The van der Waals surface area contributed by atoms with Gasteiger partial charge in [-0.15, -0.1) is 0 Å². The molecule has 1 amide bonds. The topological polar surface area (TPSA) is 67.4 Å². The van der Waals surface area contributed by atoms with E-state index in [1.807, 2.05) is 29.2 Å². The number of methoxy groups -OCH3 is 1. The molecule has 2 aromatic rings. The van der Waals surface area contributed by atoms with Crippen molar-refractivity contribution in [2.45, 2.75) is 52.5 Å². The van der Waals surface area contributed by atoms with Crippen LogP contribution in [-0.2, 0) is 4.74 Å². The predicted molar refractivity (Wildman–Crippen MR) is 121 cm³/mol. The van der Waals surface area contributed by atoms with E-state index in [9.17, 15) is 4.79 Å². The van der Waals surface area contributed by atoms with Crippen molar-refractivity contribution in [3.63, 3.8) is 0 Å². The van der Waals surface area contributed by atoms with Crippen molar-refractivity contribution in [3.8, 4) is 11.3 Å². The Hall–Kier alpha value is -2.47. The molecule has 6 heteroatoms. The minimum Gasteiger partial charge on any atom is -0.385 e. The first-order valence-corrected chi connectivity index (χ1v) is 11.0. The quantitative estimate of drug-likeness (QED) is 0.647. The zero-order valence-electron chi connectivity index (χ0n) is 18.6. The summed E-state index contributed by atoms with van der Waals surface area (Å²) in [4.78, 5) is 24.8. The van der Waals surface area contributed by atoms with Gasteiger partial charge in [-0.25, -0.2) is 9.97 Å². The number of nitrogens with zero attached hydrogens (tertiary/aromatic N) is 3.